The molecule has 1 fully saturated rings. The molecule has 1 saturated carbocycles. The van der Waals surface area contributed by atoms with Crippen LogP contribution in [0, 0.1) is 0 Å². The van der Waals surface area contributed by atoms with Crippen LogP contribution < -0.4 is 4.74 Å². The standard InChI is InChI=1S/C28H26F3N5O4/c29-28(30,31)27-33-32-25-15-34(10-11-35(25)27)13-17-4-6-18(7-5-17)16-40-24-3-1-2-20-21(24)14-36(26(20)39)22-9-8-19(37)12-23(22)38/h1-7,22H,8-16H2. The first-order valence-corrected chi connectivity index (χ1v) is 13.1. The van der Waals surface area contributed by atoms with E-state index < -0.39 is 18.0 Å². The molecule has 6 rings (SSSR count). The highest BCUT2D eigenvalue weighted by atomic mass is 19.4. The Kier molecular flexibility index (Phi) is 6.65. The predicted octanol–water partition coefficient (Wildman–Crippen LogP) is 3.54. The van der Waals surface area contributed by atoms with E-state index in [4.69, 9.17) is 4.74 Å². The van der Waals surface area contributed by atoms with Crippen LogP contribution >= 0.6 is 0 Å². The van der Waals surface area contributed by atoms with E-state index in [-0.39, 0.29) is 50.1 Å². The number of Topliss-reactive ketones (excluding diaryl/α,β-unsaturated/α-hetero) is 2. The van der Waals surface area contributed by atoms with Gasteiger partial charge in [0.25, 0.3) is 5.91 Å². The number of alkyl halides is 3. The first kappa shape index (κ1) is 26.2. The highest BCUT2D eigenvalue weighted by molar-refractivity contribution is 6.07. The smallest absolute Gasteiger partial charge is 0.451 e. The lowest BCUT2D eigenvalue weighted by atomic mass is 9.92. The van der Waals surface area contributed by atoms with E-state index in [0.717, 1.165) is 21.3 Å². The fraction of sp³-hybridized carbons (Fsp3) is 0.393. The van der Waals surface area contributed by atoms with Crippen molar-refractivity contribution in [2.75, 3.05) is 6.54 Å². The highest BCUT2D eigenvalue weighted by Gasteiger charge is 2.41. The SMILES string of the molecule is O=C1CCC(N2Cc3c(OCc4ccc(CN5CCn6c(nnc6C(F)(F)F)C5)cc4)cccc3C2=O)C(=O)C1. The second-order valence-corrected chi connectivity index (χ2v) is 10.4. The molecule has 1 amide bonds. The van der Waals surface area contributed by atoms with Gasteiger partial charge >= 0.3 is 6.18 Å². The van der Waals surface area contributed by atoms with Crippen molar-refractivity contribution in [1.29, 1.82) is 0 Å². The number of halogens is 3. The number of ether oxygens (including phenoxy) is 1. The third-order valence-corrected chi connectivity index (χ3v) is 7.68. The van der Waals surface area contributed by atoms with Crippen LogP contribution in [0.15, 0.2) is 42.5 Å². The third kappa shape index (κ3) is 4.99. The number of hydrogen-bond donors (Lipinski definition) is 0. The van der Waals surface area contributed by atoms with E-state index in [1.54, 1.807) is 23.1 Å². The van der Waals surface area contributed by atoms with E-state index >= 15 is 0 Å². The minimum Gasteiger partial charge on any atom is -0.489 e. The van der Waals surface area contributed by atoms with Crippen molar-refractivity contribution in [2.24, 2.45) is 0 Å². The van der Waals surface area contributed by atoms with Crippen molar-refractivity contribution in [3.63, 3.8) is 0 Å². The fourth-order valence-electron chi connectivity index (χ4n) is 5.61. The van der Waals surface area contributed by atoms with E-state index in [0.29, 0.717) is 43.1 Å². The second-order valence-electron chi connectivity index (χ2n) is 10.4. The van der Waals surface area contributed by atoms with E-state index in [2.05, 4.69) is 10.2 Å². The van der Waals surface area contributed by atoms with Crippen molar-refractivity contribution < 1.29 is 32.3 Å². The Bertz CT molecular complexity index is 1480. The first-order valence-electron chi connectivity index (χ1n) is 13.1. The number of aromatic nitrogens is 3. The zero-order valence-corrected chi connectivity index (χ0v) is 21.5. The molecule has 40 heavy (non-hydrogen) atoms. The molecule has 208 valence electrons. The second kappa shape index (κ2) is 10.2. The van der Waals surface area contributed by atoms with Crippen LogP contribution in [0.25, 0.3) is 0 Å². The summed E-state index contributed by atoms with van der Waals surface area (Å²) in [5, 5.41) is 7.06. The monoisotopic (exact) mass is 553 g/mol. The maximum Gasteiger partial charge on any atom is 0.451 e. The molecule has 0 radical (unpaired) electrons. The Morgan fingerprint density at radius 2 is 1.73 bits per heavy atom. The molecule has 3 aromatic rings. The van der Waals surface area contributed by atoms with Crippen molar-refractivity contribution in [1.82, 2.24) is 24.6 Å². The number of carbonyl (C=O) groups is 3. The average Bonchev–Trinajstić information content (AvgIpc) is 3.50. The summed E-state index contributed by atoms with van der Waals surface area (Å²) in [7, 11) is 0. The number of ketones is 2. The van der Waals surface area contributed by atoms with Gasteiger partial charge < -0.3 is 14.2 Å². The van der Waals surface area contributed by atoms with Crippen LogP contribution in [-0.2, 0) is 48.6 Å². The summed E-state index contributed by atoms with van der Waals surface area (Å²) in [6, 6.07) is 12.5. The number of nitrogens with zero attached hydrogens (tertiary/aromatic N) is 5. The molecule has 0 N–H and O–H groups in total. The fourth-order valence-corrected chi connectivity index (χ4v) is 5.61. The topological polar surface area (TPSA) is 97.6 Å². The molecule has 0 saturated heterocycles. The van der Waals surface area contributed by atoms with Gasteiger partial charge in [-0.1, -0.05) is 30.3 Å². The summed E-state index contributed by atoms with van der Waals surface area (Å²) in [6.45, 7) is 2.02. The van der Waals surface area contributed by atoms with Crippen LogP contribution in [0.5, 0.6) is 5.75 Å². The van der Waals surface area contributed by atoms with Gasteiger partial charge in [0, 0.05) is 37.2 Å². The number of fused-ring (bicyclic) bond motifs is 2. The average molecular weight is 554 g/mol. The molecule has 2 aromatic carbocycles. The zero-order valence-electron chi connectivity index (χ0n) is 21.5. The maximum absolute atomic E-state index is 13.1. The van der Waals surface area contributed by atoms with Gasteiger partial charge in [0.15, 0.2) is 5.78 Å². The van der Waals surface area contributed by atoms with E-state index in [9.17, 15) is 27.6 Å². The number of hydrogen-bond acceptors (Lipinski definition) is 7. The molecule has 1 aliphatic carbocycles. The Morgan fingerprint density at radius 1 is 0.950 bits per heavy atom. The summed E-state index contributed by atoms with van der Waals surface area (Å²) >= 11 is 0. The summed E-state index contributed by atoms with van der Waals surface area (Å²) in [6.07, 6.45) is -3.99. The number of rotatable bonds is 6. The molecule has 2 aliphatic heterocycles. The van der Waals surface area contributed by atoms with Crippen molar-refractivity contribution in [3.8, 4) is 5.75 Å². The lowest BCUT2D eigenvalue weighted by Crippen LogP contribution is -2.44. The molecular weight excluding hydrogens is 527 g/mol. The van der Waals surface area contributed by atoms with Gasteiger partial charge in [-0.05, 0) is 29.7 Å². The summed E-state index contributed by atoms with van der Waals surface area (Å²) in [5.41, 5.74) is 3.17. The normalized spacial score (nSPS) is 19.6. The molecule has 0 bridgehead atoms. The van der Waals surface area contributed by atoms with Crippen LogP contribution in [0.1, 0.15) is 58.0 Å². The Morgan fingerprint density at radius 3 is 2.48 bits per heavy atom. The molecule has 12 heteroatoms. The minimum absolute atomic E-state index is 0.0830. The number of amides is 1. The molecule has 3 heterocycles. The molecule has 0 spiro atoms. The Balaban J connectivity index is 1.07. The molecule has 1 atom stereocenters. The van der Waals surface area contributed by atoms with Crippen molar-refractivity contribution in [3.05, 3.63) is 76.4 Å². The number of benzene rings is 2. The molecule has 9 nitrogen and oxygen atoms in total. The van der Waals surface area contributed by atoms with Gasteiger partial charge in [-0.15, -0.1) is 10.2 Å². The largest absolute Gasteiger partial charge is 0.489 e. The van der Waals surface area contributed by atoms with Gasteiger partial charge in [0.2, 0.25) is 5.82 Å². The number of carbonyl (C=O) groups excluding carboxylic acids is 3. The maximum atomic E-state index is 13.1. The quantitative estimate of drug-likeness (QED) is 0.431. The predicted molar refractivity (Wildman–Crippen MR) is 134 cm³/mol. The van der Waals surface area contributed by atoms with E-state index in [1.165, 1.54) is 0 Å². The lowest BCUT2D eigenvalue weighted by molar-refractivity contribution is -0.148. The lowest BCUT2D eigenvalue weighted by Gasteiger charge is -2.29. The van der Waals surface area contributed by atoms with Crippen LogP contribution in [-0.4, -0.2) is 54.6 Å². The zero-order chi connectivity index (χ0) is 28.0. The summed E-state index contributed by atoms with van der Waals surface area (Å²) < 4.78 is 46.5. The van der Waals surface area contributed by atoms with Gasteiger partial charge in [0.1, 0.15) is 24.0 Å². The molecular formula is C28H26F3N5O4. The van der Waals surface area contributed by atoms with Gasteiger partial charge in [-0.3, -0.25) is 19.3 Å². The van der Waals surface area contributed by atoms with Crippen molar-refractivity contribution in [2.45, 2.75) is 64.3 Å². The molecule has 3 aliphatic rings. The molecule has 1 aromatic heterocycles. The minimum atomic E-state index is -4.52. The third-order valence-electron chi connectivity index (χ3n) is 7.68. The summed E-state index contributed by atoms with van der Waals surface area (Å²) in [5.74, 6) is -0.586. The van der Waals surface area contributed by atoms with Crippen LogP contribution in [0.4, 0.5) is 13.2 Å². The van der Waals surface area contributed by atoms with E-state index in [1.807, 2.05) is 29.2 Å². The van der Waals surface area contributed by atoms with Crippen LogP contribution in [0.3, 0.4) is 0 Å². The Hall–Kier alpha value is -4.06. The van der Waals surface area contributed by atoms with Gasteiger partial charge in [-0.25, -0.2) is 0 Å². The van der Waals surface area contributed by atoms with Crippen molar-refractivity contribution >= 4 is 17.5 Å². The van der Waals surface area contributed by atoms with Gasteiger partial charge in [0.05, 0.1) is 25.6 Å². The highest BCUT2D eigenvalue weighted by Crippen LogP contribution is 2.35. The van der Waals surface area contributed by atoms with Crippen LogP contribution in [0.2, 0.25) is 0 Å². The molecule has 1 unspecified atom stereocenters. The Labute approximate surface area is 227 Å². The van der Waals surface area contributed by atoms with Gasteiger partial charge in [-0.2, -0.15) is 13.2 Å². The summed E-state index contributed by atoms with van der Waals surface area (Å²) in [4.78, 5) is 40.7. The first-order chi connectivity index (χ1) is 19.2.